The van der Waals surface area contributed by atoms with E-state index in [1.807, 2.05) is 0 Å². The predicted molar refractivity (Wildman–Crippen MR) is 45.3 cm³/mol. The second-order valence-electron chi connectivity index (χ2n) is 3.44. The smallest absolute Gasteiger partial charge is 0.142 e. The summed E-state index contributed by atoms with van der Waals surface area (Å²) in [5.41, 5.74) is -0.657. The van der Waals surface area contributed by atoms with E-state index < -0.39 is 11.6 Å². The van der Waals surface area contributed by atoms with Crippen molar-refractivity contribution in [3.05, 3.63) is 0 Å². The maximum Gasteiger partial charge on any atom is 0.142 e. The Balaban J connectivity index is 2.33. The Morgan fingerprint density at radius 1 is 1.75 bits per heavy atom. The quantitative estimate of drug-likeness (QED) is 0.590. The molecule has 1 fully saturated rings. The molecule has 0 saturated heterocycles. The molecule has 0 aromatic heterocycles. The highest BCUT2D eigenvalue weighted by molar-refractivity contribution is 5.88. The van der Waals surface area contributed by atoms with Gasteiger partial charge < -0.3 is 0 Å². The molecule has 0 heterocycles. The lowest BCUT2D eigenvalue weighted by molar-refractivity contribution is -0.124. The Hall–Kier alpha value is -0.840. The first-order valence-electron chi connectivity index (χ1n) is 4.18. The molecule has 1 rings (SSSR count). The molecule has 1 saturated carbocycles. The van der Waals surface area contributed by atoms with Crippen LogP contribution in [0.15, 0.2) is 0 Å². The van der Waals surface area contributed by atoms with Gasteiger partial charge in [-0.05, 0) is 20.3 Å². The molecule has 2 heteroatoms. The Morgan fingerprint density at radius 2 is 2.33 bits per heavy atom. The van der Waals surface area contributed by atoms with Gasteiger partial charge in [0.15, 0.2) is 0 Å². The van der Waals surface area contributed by atoms with E-state index in [1.54, 1.807) is 13.8 Å². The molecule has 1 aliphatic rings. The van der Waals surface area contributed by atoms with E-state index in [9.17, 15) is 9.18 Å². The first kappa shape index (κ1) is 9.25. The first-order chi connectivity index (χ1) is 5.61. The van der Waals surface area contributed by atoms with Gasteiger partial charge in [-0.2, -0.15) is 0 Å². The molecule has 0 aromatic rings. The van der Waals surface area contributed by atoms with Crippen molar-refractivity contribution < 1.29 is 9.18 Å². The van der Waals surface area contributed by atoms with Gasteiger partial charge in [-0.25, -0.2) is 4.39 Å². The van der Waals surface area contributed by atoms with Crippen molar-refractivity contribution in [3.63, 3.8) is 0 Å². The monoisotopic (exact) mass is 168 g/mol. The van der Waals surface area contributed by atoms with Crippen molar-refractivity contribution in [2.45, 2.75) is 39.3 Å². The molecule has 0 aromatic carbocycles. The average Bonchev–Trinajstić information content (AvgIpc) is 2.62. The minimum absolute atomic E-state index is 0.0257. The topological polar surface area (TPSA) is 17.1 Å². The fourth-order valence-corrected chi connectivity index (χ4v) is 1.19. The summed E-state index contributed by atoms with van der Waals surface area (Å²) in [6, 6.07) is 0. The number of rotatable bonds is 3. The van der Waals surface area contributed by atoms with Gasteiger partial charge in [-0.15, -0.1) is 11.8 Å². The number of alkyl halides is 1. The molecule has 0 bridgehead atoms. The fourth-order valence-electron chi connectivity index (χ4n) is 1.19. The molecule has 2 unspecified atom stereocenters. The van der Waals surface area contributed by atoms with E-state index in [0.717, 1.165) is 0 Å². The molecular weight excluding hydrogens is 155 g/mol. The number of carbonyl (C=O) groups is 1. The molecule has 0 aliphatic heterocycles. The highest BCUT2D eigenvalue weighted by atomic mass is 19.1. The number of carbonyl (C=O) groups excluding carboxylic acids is 1. The van der Waals surface area contributed by atoms with Gasteiger partial charge in [-0.3, -0.25) is 4.79 Å². The number of halogens is 1. The zero-order chi connectivity index (χ0) is 9.19. The summed E-state index contributed by atoms with van der Waals surface area (Å²) in [6.07, 6.45) is 0.473. The second-order valence-corrected chi connectivity index (χ2v) is 3.44. The number of hydrogen-bond acceptors (Lipinski definition) is 1. The maximum atomic E-state index is 12.7. The van der Waals surface area contributed by atoms with Crippen LogP contribution >= 0.6 is 0 Å². The van der Waals surface area contributed by atoms with Gasteiger partial charge in [0.25, 0.3) is 0 Å². The van der Waals surface area contributed by atoms with E-state index >= 15 is 0 Å². The minimum Gasteiger partial charge on any atom is -0.299 e. The molecular formula is C10H13FO. The summed E-state index contributed by atoms with van der Waals surface area (Å²) >= 11 is 0. The van der Waals surface area contributed by atoms with E-state index in [0.29, 0.717) is 19.3 Å². The SMILES string of the molecule is CC#CCCC(=O)C1(C)CC1F. The predicted octanol–water partition coefficient (Wildman–Crippen LogP) is 2.11. The minimum atomic E-state index is -0.903. The summed E-state index contributed by atoms with van der Waals surface area (Å²) < 4.78 is 12.7. The third kappa shape index (κ3) is 1.66. The lowest BCUT2D eigenvalue weighted by Crippen LogP contribution is -2.14. The van der Waals surface area contributed by atoms with Crippen LogP contribution in [-0.4, -0.2) is 12.0 Å². The largest absolute Gasteiger partial charge is 0.299 e. The van der Waals surface area contributed by atoms with Crippen molar-refractivity contribution in [1.29, 1.82) is 0 Å². The Morgan fingerprint density at radius 3 is 2.75 bits per heavy atom. The summed E-state index contributed by atoms with van der Waals surface area (Å²) in [6.45, 7) is 3.43. The Bertz CT molecular complexity index is 248. The van der Waals surface area contributed by atoms with Gasteiger partial charge in [0.2, 0.25) is 0 Å². The molecule has 0 N–H and O–H groups in total. The fraction of sp³-hybridized carbons (Fsp3) is 0.700. The standard InChI is InChI=1S/C10H13FO/c1-3-4-5-6-9(12)10(2)7-8(10)11/h8H,5-7H2,1-2H3. The van der Waals surface area contributed by atoms with Crippen LogP contribution in [0.25, 0.3) is 0 Å². The van der Waals surface area contributed by atoms with Crippen LogP contribution in [-0.2, 0) is 4.79 Å². The van der Waals surface area contributed by atoms with Crippen LogP contribution in [0.5, 0.6) is 0 Å². The highest BCUT2D eigenvalue weighted by Crippen LogP contribution is 2.49. The number of ketones is 1. The van der Waals surface area contributed by atoms with Crippen molar-refractivity contribution in [3.8, 4) is 11.8 Å². The summed E-state index contributed by atoms with van der Waals surface area (Å²) in [7, 11) is 0. The molecule has 1 nitrogen and oxygen atoms in total. The molecule has 2 atom stereocenters. The lowest BCUT2D eigenvalue weighted by atomic mass is 10.00. The first-order valence-corrected chi connectivity index (χ1v) is 4.18. The zero-order valence-corrected chi connectivity index (χ0v) is 7.48. The third-order valence-electron chi connectivity index (χ3n) is 2.43. The summed E-state index contributed by atoms with van der Waals surface area (Å²) in [5.74, 6) is 5.54. The van der Waals surface area contributed by atoms with Gasteiger partial charge in [0, 0.05) is 12.8 Å². The van der Waals surface area contributed by atoms with Crippen molar-refractivity contribution in [1.82, 2.24) is 0 Å². The van der Waals surface area contributed by atoms with Crippen LogP contribution in [0.4, 0.5) is 4.39 Å². The van der Waals surface area contributed by atoms with Crippen LogP contribution in [0.3, 0.4) is 0 Å². The third-order valence-corrected chi connectivity index (χ3v) is 2.43. The van der Waals surface area contributed by atoms with Gasteiger partial charge in [-0.1, -0.05) is 0 Å². The number of Topliss-reactive ketones (excluding diaryl/α,β-unsaturated/α-hetero) is 1. The molecule has 12 heavy (non-hydrogen) atoms. The molecule has 0 amide bonds. The Labute approximate surface area is 72.3 Å². The molecule has 0 spiro atoms. The van der Waals surface area contributed by atoms with Gasteiger partial charge >= 0.3 is 0 Å². The zero-order valence-electron chi connectivity index (χ0n) is 7.48. The molecule has 0 radical (unpaired) electrons. The van der Waals surface area contributed by atoms with Crippen LogP contribution < -0.4 is 0 Å². The van der Waals surface area contributed by atoms with Crippen LogP contribution in [0.1, 0.15) is 33.1 Å². The number of hydrogen-bond donors (Lipinski definition) is 0. The summed E-state index contributed by atoms with van der Waals surface area (Å²) in [4.78, 5) is 11.3. The highest BCUT2D eigenvalue weighted by Gasteiger charge is 2.56. The van der Waals surface area contributed by atoms with Crippen LogP contribution in [0, 0.1) is 17.3 Å². The van der Waals surface area contributed by atoms with E-state index in [-0.39, 0.29) is 5.78 Å². The average molecular weight is 168 g/mol. The van der Waals surface area contributed by atoms with Crippen molar-refractivity contribution >= 4 is 5.78 Å². The van der Waals surface area contributed by atoms with Crippen LogP contribution in [0.2, 0.25) is 0 Å². The van der Waals surface area contributed by atoms with Crippen molar-refractivity contribution in [2.75, 3.05) is 0 Å². The van der Waals surface area contributed by atoms with Crippen molar-refractivity contribution in [2.24, 2.45) is 5.41 Å². The van der Waals surface area contributed by atoms with E-state index in [4.69, 9.17) is 0 Å². The normalized spacial score (nSPS) is 32.1. The maximum absolute atomic E-state index is 12.7. The Kier molecular flexibility index (Phi) is 2.52. The van der Waals surface area contributed by atoms with E-state index in [2.05, 4.69) is 11.8 Å². The summed E-state index contributed by atoms with van der Waals surface area (Å²) in [5, 5.41) is 0. The van der Waals surface area contributed by atoms with Gasteiger partial charge in [0.05, 0.1) is 5.41 Å². The lowest BCUT2D eigenvalue weighted by Gasteiger charge is -2.03. The molecule has 1 aliphatic carbocycles. The van der Waals surface area contributed by atoms with Gasteiger partial charge in [0.1, 0.15) is 12.0 Å². The van der Waals surface area contributed by atoms with E-state index in [1.165, 1.54) is 0 Å². The molecule has 66 valence electrons. The second kappa shape index (κ2) is 3.26.